The third-order valence-corrected chi connectivity index (χ3v) is 2.38. The molecule has 0 fully saturated rings. The minimum atomic E-state index is -3.92. The predicted molar refractivity (Wildman–Crippen MR) is 48.9 cm³/mol. The van der Waals surface area contributed by atoms with E-state index in [1.54, 1.807) is 0 Å². The van der Waals surface area contributed by atoms with Crippen LogP contribution in [-0.4, -0.2) is 30.7 Å². The second-order valence-corrected chi connectivity index (χ2v) is 4.45. The lowest BCUT2D eigenvalue weighted by Gasteiger charge is -2.14. The lowest BCUT2D eigenvalue weighted by molar-refractivity contribution is -0.119. The van der Waals surface area contributed by atoms with E-state index in [1.807, 2.05) is 6.92 Å². The van der Waals surface area contributed by atoms with E-state index in [-0.39, 0.29) is 24.1 Å². The molecule has 2 N–H and O–H groups in total. The van der Waals surface area contributed by atoms with Gasteiger partial charge in [-0.05, 0) is 12.8 Å². The van der Waals surface area contributed by atoms with E-state index in [1.165, 1.54) is 6.92 Å². The minimum absolute atomic E-state index is 0.181. The van der Waals surface area contributed by atoms with Crippen LogP contribution in [0.5, 0.6) is 0 Å². The van der Waals surface area contributed by atoms with Crippen LogP contribution >= 0.6 is 0 Å². The van der Waals surface area contributed by atoms with Gasteiger partial charge in [0.25, 0.3) is 10.1 Å². The van der Waals surface area contributed by atoms with Gasteiger partial charge in [-0.1, -0.05) is 6.92 Å². The fraction of sp³-hybridized carbons (Fsp3) is 0.857. The Balaban J connectivity index is 3.93. The van der Waals surface area contributed by atoms with Crippen molar-refractivity contribution < 1.29 is 17.8 Å². The van der Waals surface area contributed by atoms with E-state index in [2.05, 4.69) is 5.32 Å². The molecule has 5 nitrogen and oxygen atoms in total. The van der Waals surface area contributed by atoms with Crippen molar-refractivity contribution in [3.8, 4) is 0 Å². The minimum Gasteiger partial charge on any atom is -0.354 e. The highest BCUT2D eigenvalue weighted by atomic mass is 32.2. The van der Waals surface area contributed by atoms with Crippen LogP contribution in [0.25, 0.3) is 0 Å². The molecule has 0 aromatic carbocycles. The lowest BCUT2D eigenvalue weighted by atomic mass is 10.2. The average Bonchev–Trinajstić information content (AvgIpc) is 1.95. The number of hydrogen-bond acceptors (Lipinski definition) is 3. The van der Waals surface area contributed by atoms with Gasteiger partial charge >= 0.3 is 0 Å². The monoisotopic (exact) mass is 209 g/mol. The fourth-order valence-electron chi connectivity index (χ4n) is 0.957. The van der Waals surface area contributed by atoms with E-state index in [4.69, 9.17) is 4.55 Å². The summed E-state index contributed by atoms with van der Waals surface area (Å²) in [5.74, 6) is -0.506. The number of rotatable bonds is 5. The van der Waals surface area contributed by atoms with Crippen LogP contribution in [0, 0.1) is 0 Å². The Morgan fingerprint density at radius 2 is 2.08 bits per heavy atom. The van der Waals surface area contributed by atoms with Gasteiger partial charge in [-0.3, -0.25) is 9.35 Å². The smallest absolute Gasteiger partial charge is 0.264 e. The maximum absolute atomic E-state index is 10.6. The van der Waals surface area contributed by atoms with Crippen LogP contribution < -0.4 is 5.32 Å². The first kappa shape index (κ1) is 12.4. The Morgan fingerprint density at radius 3 is 2.38 bits per heavy atom. The summed E-state index contributed by atoms with van der Waals surface area (Å²) in [5.41, 5.74) is 0. The van der Waals surface area contributed by atoms with Crippen molar-refractivity contribution in [2.24, 2.45) is 0 Å². The average molecular weight is 209 g/mol. The van der Waals surface area contributed by atoms with Gasteiger partial charge in [-0.25, -0.2) is 0 Å². The molecule has 0 radical (unpaired) electrons. The maximum Gasteiger partial charge on any atom is 0.264 e. The molecular formula is C7H15NO4S. The van der Waals surface area contributed by atoms with Gasteiger partial charge in [-0.2, -0.15) is 8.42 Å². The van der Waals surface area contributed by atoms with Gasteiger partial charge in [0.05, 0.1) is 5.75 Å². The molecule has 6 heteroatoms. The zero-order chi connectivity index (χ0) is 10.5. The van der Waals surface area contributed by atoms with E-state index in [9.17, 15) is 13.2 Å². The first-order valence-electron chi connectivity index (χ1n) is 4.07. The van der Waals surface area contributed by atoms with Crippen molar-refractivity contribution in [3.63, 3.8) is 0 Å². The molecule has 0 bridgehead atoms. The van der Waals surface area contributed by atoms with Crippen molar-refractivity contribution in [3.05, 3.63) is 0 Å². The molecule has 0 aliphatic heterocycles. The molecule has 0 aliphatic carbocycles. The topological polar surface area (TPSA) is 83.5 Å². The normalized spacial score (nSPS) is 13.8. The summed E-state index contributed by atoms with van der Waals surface area (Å²) in [6.45, 7) is 3.21. The number of nitrogens with one attached hydrogen (secondary N) is 1. The van der Waals surface area contributed by atoms with Crippen molar-refractivity contribution in [1.29, 1.82) is 0 Å². The number of hydrogen-bond donors (Lipinski definition) is 2. The van der Waals surface area contributed by atoms with E-state index in [0.717, 1.165) is 0 Å². The molecule has 0 aromatic heterocycles. The first-order chi connectivity index (χ1) is 5.85. The van der Waals surface area contributed by atoms with E-state index < -0.39 is 10.1 Å². The molecule has 78 valence electrons. The van der Waals surface area contributed by atoms with Crippen molar-refractivity contribution in [2.45, 2.75) is 32.7 Å². The quantitative estimate of drug-likeness (QED) is 0.633. The van der Waals surface area contributed by atoms with Crippen molar-refractivity contribution in [1.82, 2.24) is 5.32 Å². The molecule has 1 atom stereocenters. The zero-order valence-corrected chi connectivity index (χ0v) is 8.60. The van der Waals surface area contributed by atoms with Gasteiger partial charge in [0, 0.05) is 13.0 Å². The first-order valence-corrected chi connectivity index (χ1v) is 5.68. The Bertz CT molecular complexity index is 260. The molecule has 0 spiro atoms. The Kier molecular flexibility index (Phi) is 4.94. The summed E-state index contributed by atoms with van der Waals surface area (Å²) in [6.07, 6.45) is 0.893. The summed E-state index contributed by atoms with van der Waals surface area (Å²) < 4.78 is 29.2. The lowest BCUT2D eigenvalue weighted by Crippen LogP contribution is -2.33. The third-order valence-electron chi connectivity index (χ3n) is 1.62. The molecular weight excluding hydrogens is 194 g/mol. The van der Waals surface area contributed by atoms with E-state index >= 15 is 0 Å². The Hall–Kier alpha value is -0.620. The molecule has 1 unspecified atom stereocenters. The third kappa shape index (κ3) is 7.73. The Labute approximate surface area is 78.3 Å². The van der Waals surface area contributed by atoms with Gasteiger partial charge in [0.15, 0.2) is 0 Å². The number of amides is 1. The highest BCUT2D eigenvalue weighted by Gasteiger charge is 2.12. The van der Waals surface area contributed by atoms with Gasteiger partial charge in [0.2, 0.25) is 5.91 Å². The van der Waals surface area contributed by atoms with Crippen molar-refractivity contribution in [2.75, 3.05) is 5.75 Å². The SMILES string of the molecule is CCC(CCS(=O)(=O)O)NC(C)=O. The summed E-state index contributed by atoms with van der Waals surface area (Å²) in [5, 5.41) is 2.59. The van der Waals surface area contributed by atoms with Crippen molar-refractivity contribution >= 4 is 16.0 Å². The summed E-state index contributed by atoms with van der Waals surface area (Å²) >= 11 is 0. The van der Waals surface area contributed by atoms with Crippen LogP contribution in [0.1, 0.15) is 26.7 Å². The molecule has 0 heterocycles. The van der Waals surface area contributed by atoms with Crippen LogP contribution in [0.15, 0.2) is 0 Å². The van der Waals surface area contributed by atoms with E-state index in [0.29, 0.717) is 6.42 Å². The van der Waals surface area contributed by atoms with Gasteiger partial charge < -0.3 is 5.32 Å². The van der Waals surface area contributed by atoms with Gasteiger partial charge in [-0.15, -0.1) is 0 Å². The second-order valence-electron chi connectivity index (χ2n) is 2.88. The maximum atomic E-state index is 10.6. The molecule has 0 aromatic rings. The molecule has 0 saturated carbocycles. The van der Waals surface area contributed by atoms with Crippen LogP contribution in [0.4, 0.5) is 0 Å². The predicted octanol–water partition coefficient (Wildman–Crippen LogP) is 0.179. The molecule has 0 rings (SSSR count). The van der Waals surface area contributed by atoms with Crippen LogP contribution in [0.2, 0.25) is 0 Å². The van der Waals surface area contributed by atoms with Crippen LogP contribution in [-0.2, 0) is 14.9 Å². The summed E-state index contributed by atoms with van der Waals surface area (Å²) in [6, 6.07) is -0.181. The highest BCUT2D eigenvalue weighted by Crippen LogP contribution is 1.99. The van der Waals surface area contributed by atoms with Gasteiger partial charge in [0.1, 0.15) is 0 Å². The standard InChI is InChI=1S/C7H15NO4S/c1-3-7(8-6(2)9)4-5-13(10,11)12/h7H,3-5H2,1-2H3,(H,8,9)(H,10,11,12). The largest absolute Gasteiger partial charge is 0.354 e. The number of carbonyl (C=O) groups excluding carboxylic acids is 1. The highest BCUT2D eigenvalue weighted by molar-refractivity contribution is 7.85. The second kappa shape index (κ2) is 5.18. The molecule has 0 aliphatic rings. The zero-order valence-electron chi connectivity index (χ0n) is 7.78. The number of carbonyl (C=O) groups is 1. The van der Waals surface area contributed by atoms with Crippen LogP contribution in [0.3, 0.4) is 0 Å². The summed E-state index contributed by atoms with van der Waals surface area (Å²) in [7, 11) is -3.92. The Morgan fingerprint density at radius 1 is 1.54 bits per heavy atom. The molecule has 1 amide bonds. The fourth-order valence-corrected chi connectivity index (χ4v) is 1.54. The molecule has 0 saturated heterocycles. The molecule has 13 heavy (non-hydrogen) atoms. The summed E-state index contributed by atoms with van der Waals surface area (Å²) in [4.78, 5) is 10.6.